The molecular formula is C29H26BBr5O6. The normalized spacial score (nSPS) is 9.59. The maximum absolute atomic E-state index is 11.7. The van der Waals surface area contributed by atoms with Gasteiger partial charge in [-0.15, -0.1) is 0 Å². The molecule has 6 nitrogen and oxygen atoms in total. The minimum atomic E-state index is -1.66. The lowest BCUT2D eigenvalue weighted by molar-refractivity contribution is 0.0593. The third-order valence-corrected chi connectivity index (χ3v) is 7.27. The molecular weight excluding hydrogens is 855 g/mol. The fourth-order valence-corrected chi connectivity index (χ4v) is 6.97. The number of hydrogen-bond acceptors (Lipinski definition) is 6. The number of hydrogen-bond donors (Lipinski definition) is 2. The molecule has 0 saturated carbocycles. The van der Waals surface area contributed by atoms with E-state index in [1.807, 2.05) is 54.6 Å². The van der Waals surface area contributed by atoms with E-state index in [2.05, 4.69) is 84.4 Å². The Morgan fingerprint density at radius 3 is 1.41 bits per heavy atom. The van der Waals surface area contributed by atoms with E-state index in [4.69, 9.17) is 14.8 Å². The number of ether oxygens (including phenoxy) is 2. The largest absolute Gasteiger partial charge is 0.489 e. The van der Waals surface area contributed by atoms with Gasteiger partial charge in [-0.3, -0.25) is 0 Å². The summed E-state index contributed by atoms with van der Waals surface area (Å²) in [5.41, 5.74) is 2.68. The summed E-state index contributed by atoms with van der Waals surface area (Å²) in [6, 6.07) is 25.4. The second-order valence-corrected chi connectivity index (χ2v) is 12.3. The molecule has 0 unspecified atom stereocenters. The van der Waals surface area contributed by atoms with Gasteiger partial charge in [0, 0.05) is 22.4 Å². The van der Waals surface area contributed by atoms with Gasteiger partial charge in [-0.2, -0.15) is 0 Å². The van der Waals surface area contributed by atoms with Gasteiger partial charge in [-0.25, -0.2) is 9.59 Å². The number of esters is 2. The van der Waals surface area contributed by atoms with Crippen LogP contribution in [0.2, 0.25) is 0 Å². The Balaban J connectivity index is 0.000000322. The molecule has 4 rings (SSSR count). The molecule has 12 heteroatoms. The molecule has 0 aliphatic heterocycles. The molecule has 0 aliphatic rings. The predicted octanol–water partition coefficient (Wildman–Crippen LogP) is 8.43. The van der Waals surface area contributed by atoms with E-state index < -0.39 is 13.1 Å². The zero-order valence-electron chi connectivity index (χ0n) is 21.1. The van der Waals surface area contributed by atoms with Crippen molar-refractivity contribution in [2.24, 2.45) is 0 Å². The van der Waals surface area contributed by atoms with Crippen LogP contribution in [-0.2, 0) is 9.47 Å². The molecule has 0 aliphatic carbocycles. The monoisotopic (exact) mass is 876 g/mol. The van der Waals surface area contributed by atoms with E-state index in [0.29, 0.717) is 5.56 Å². The van der Waals surface area contributed by atoms with Crippen molar-refractivity contribution in [1.29, 1.82) is 0 Å². The molecule has 2 N–H and O–H groups in total. The fraction of sp³-hybridized carbons (Fsp3) is 0.103. The van der Waals surface area contributed by atoms with Crippen LogP contribution < -0.4 is 5.46 Å². The van der Waals surface area contributed by atoms with Crippen molar-refractivity contribution in [3.63, 3.8) is 0 Å². The first-order valence-corrected chi connectivity index (χ1v) is 15.2. The minimum Gasteiger partial charge on any atom is -0.465 e. The summed E-state index contributed by atoms with van der Waals surface area (Å²) in [6.45, 7) is 0. The van der Waals surface area contributed by atoms with Crippen LogP contribution in [-0.4, -0.2) is 43.3 Å². The van der Waals surface area contributed by atoms with E-state index in [0.717, 1.165) is 33.5 Å². The topological polar surface area (TPSA) is 93.1 Å². The molecule has 216 valence electrons. The van der Waals surface area contributed by atoms with Crippen LogP contribution in [0.5, 0.6) is 0 Å². The van der Waals surface area contributed by atoms with Crippen LogP contribution in [0.3, 0.4) is 0 Å². The highest BCUT2D eigenvalue weighted by atomic mass is 79.9. The third kappa shape index (κ3) is 12.1. The lowest BCUT2D eigenvalue weighted by Crippen LogP contribution is -2.34. The highest BCUT2D eigenvalue weighted by Crippen LogP contribution is 2.30. The van der Waals surface area contributed by atoms with Crippen molar-refractivity contribution in [2.45, 2.75) is 7.43 Å². The average molecular weight is 881 g/mol. The molecule has 0 spiro atoms. The van der Waals surface area contributed by atoms with Gasteiger partial charge in [0.15, 0.2) is 0 Å². The summed E-state index contributed by atoms with van der Waals surface area (Å²) in [7, 11) is 0.967. The van der Waals surface area contributed by atoms with Crippen molar-refractivity contribution in [3.05, 3.63) is 118 Å². The Hall–Kier alpha value is -1.80. The summed E-state index contributed by atoms with van der Waals surface area (Å²) in [5.74, 6) is -0.912. The van der Waals surface area contributed by atoms with Crippen LogP contribution in [0.25, 0.3) is 11.1 Å². The molecule has 0 saturated heterocycles. The van der Waals surface area contributed by atoms with E-state index >= 15 is 0 Å². The molecule has 0 heterocycles. The van der Waals surface area contributed by atoms with Crippen molar-refractivity contribution in [2.75, 3.05) is 14.2 Å². The number of methoxy groups -OCH3 is 2. The van der Waals surface area contributed by atoms with Gasteiger partial charge in [0.2, 0.25) is 0 Å². The van der Waals surface area contributed by atoms with Gasteiger partial charge in [0.25, 0.3) is 0 Å². The first kappa shape index (κ1) is 37.2. The summed E-state index contributed by atoms with van der Waals surface area (Å²) in [4.78, 5) is 22.8. The lowest BCUT2D eigenvalue weighted by Gasteiger charge is -2.09. The number of rotatable bonds is 4. The molecule has 4 aromatic carbocycles. The molecule has 0 radical (unpaired) electrons. The second-order valence-electron chi connectivity index (χ2n) is 7.74. The fourth-order valence-electron chi connectivity index (χ4n) is 3.27. The van der Waals surface area contributed by atoms with Crippen molar-refractivity contribution < 1.29 is 29.1 Å². The van der Waals surface area contributed by atoms with E-state index in [9.17, 15) is 9.59 Å². The third-order valence-electron chi connectivity index (χ3n) is 4.98. The Morgan fingerprint density at radius 2 is 0.976 bits per heavy atom. The molecule has 0 amide bonds. The SMILES string of the molecule is Brc1cc(Br)cc(Br)c1.C.COC(=O)c1ccccc1-c1cc(Br)cc(Br)c1.COC(=O)c1ccccc1B(O)O. The standard InChI is InChI=1S/C14H10Br2O2.C8H9BO4.C6H3Br3.CH4/c1-18-14(17)13-5-3-2-4-12(13)9-6-10(15)8-11(16)7-9;1-13-8(10)6-4-2-3-5-7(6)9(11)12;7-4-1-5(8)3-6(9)2-4;/h2-8H,1H3;2-5,11-12H,1H3;1-3H;1H4. The van der Waals surface area contributed by atoms with Gasteiger partial charge in [0.05, 0.1) is 25.3 Å². The van der Waals surface area contributed by atoms with Crippen LogP contribution >= 0.6 is 79.6 Å². The van der Waals surface area contributed by atoms with Crippen molar-refractivity contribution in [1.82, 2.24) is 0 Å². The molecule has 0 aromatic heterocycles. The zero-order valence-corrected chi connectivity index (χ0v) is 29.0. The first-order chi connectivity index (χ1) is 19.0. The van der Waals surface area contributed by atoms with Crippen LogP contribution in [0, 0.1) is 0 Å². The number of carbonyl (C=O) groups is 2. The molecule has 0 fully saturated rings. The highest BCUT2D eigenvalue weighted by molar-refractivity contribution is 9.11. The van der Waals surface area contributed by atoms with Gasteiger partial charge < -0.3 is 19.5 Å². The number of carbonyl (C=O) groups excluding carboxylic acids is 2. The van der Waals surface area contributed by atoms with Gasteiger partial charge >= 0.3 is 19.1 Å². The Labute approximate surface area is 282 Å². The zero-order chi connectivity index (χ0) is 29.8. The quantitative estimate of drug-likeness (QED) is 0.158. The van der Waals surface area contributed by atoms with Crippen LogP contribution in [0.15, 0.2) is 107 Å². The van der Waals surface area contributed by atoms with Gasteiger partial charge in [-0.05, 0) is 65.1 Å². The van der Waals surface area contributed by atoms with Gasteiger partial charge in [-0.1, -0.05) is 123 Å². The summed E-state index contributed by atoms with van der Waals surface area (Å²) < 4.78 is 14.4. The van der Waals surface area contributed by atoms with E-state index in [-0.39, 0.29) is 24.4 Å². The van der Waals surface area contributed by atoms with Crippen molar-refractivity contribution >= 4 is 104 Å². The minimum absolute atomic E-state index is 0. The first-order valence-electron chi connectivity index (χ1n) is 11.3. The smallest absolute Gasteiger partial charge is 0.465 e. The van der Waals surface area contributed by atoms with Gasteiger partial charge in [0.1, 0.15) is 0 Å². The Bertz CT molecular complexity index is 1390. The maximum Gasteiger partial charge on any atom is 0.489 e. The summed E-state index contributed by atoms with van der Waals surface area (Å²) in [5, 5.41) is 17.8. The lowest BCUT2D eigenvalue weighted by atomic mass is 9.77. The van der Waals surface area contributed by atoms with Crippen LogP contribution in [0.1, 0.15) is 28.1 Å². The number of benzene rings is 4. The Kier molecular flexibility index (Phi) is 17.0. The predicted molar refractivity (Wildman–Crippen MR) is 182 cm³/mol. The summed E-state index contributed by atoms with van der Waals surface area (Å²) in [6.07, 6.45) is 0. The average Bonchev–Trinajstić information content (AvgIpc) is 2.91. The highest BCUT2D eigenvalue weighted by Gasteiger charge is 2.19. The second kappa shape index (κ2) is 18.7. The Morgan fingerprint density at radius 1 is 0.610 bits per heavy atom. The maximum atomic E-state index is 11.7. The molecule has 0 bridgehead atoms. The molecule has 0 atom stereocenters. The van der Waals surface area contributed by atoms with E-state index in [1.54, 1.807) is 18.2 Å². The molecule has 41 heavy (non-hydrogen) atoms. The molecule has 4 aromatic rings. The summed E-state index contributed by atoms with van der Waals surface area (Å²) >= 11 is 16.9. The van der Waals surface area contributed by atoms with Crippen LogP contribution in [0.4, 0.5) is 0 Å². The van der Waals surface area contributed by atoms with Crippen molar-refractivity contribution in [3.8, 4) is 11.1 Å². The van der Waals surface area contributed by atoms with E-state index in [1.165, 1.54) is 26.4 Å². The number of halogens is 5.